The summed E-state index contributed by atoms with van der Waals surface area (Å²) in [7, 11) is 0. The molecule has 1 aliphatic rings. The Balaban J connectivity index is 2.10. The van der Waals surface area contributed by atoms with Crippen LogP contribution in [0, 0.1) is 6.92 Å². The fraction of sp³-hybridized carbons (Fsp3) is 0.462. The van der Waals surface area contributed by atoms with Crippen LogP contribution in [0.5, 0.6) is 0 Å². The molecule has 90 valence electrons. The number of imidazole rings is 1. The molecular weight excluding hydrogens is 214 g/mol. The lowest BCUT2D eigenvalue weighted by Gasteiger charge is -2.45. The van der Waals surface area contributed by atoms with E-state index in [2.05, 4.69) is 28.2 Å². The summed E-state index contributed by atoms with van der Waals surface area (Å²) in [5.41, 5.74) is 9.41. The highest BCUT2D eigenvalue weighted by atomic mass is 16.5. The molecule has 4 nitrogen and oxygen atoms in total. The number of aromatic nitrogens is 2. The zero-order valence-corrected chi connectivity index (χ0v) is 10.2. The molecule has 1 aromatic carbocycles. The molecule has 2 aromatic rings. The predicted molar refractivity (Wildman–Crippen MR) is 67.0 cm³/mol. The summed E-state index contributed by atoms with van der Waals surface area (Å²) in [6.45, 7) is 5.44. The number of nitrogens with zero attached hydrogens (tertiary/aromatic N) is 1. The van der Waals surface area contributed by atoms with Gasteiger partial charge in [0.05, 0.1) is 29.7 Å². The van der Waals surface area contributed by atoms with Gasteiger partial charge >= 0.3 is 0 Å². The zero-order chi connectivity index (χ0) is 12.0. The topological polar surface area (TPSA) is 63.9 Å². The van der Waals surface area contributed by atoms with Gasteiger partial charge in [0.1, 0.15) is 5.82 Å². The molecule has 1 aromatic heterocycles. The quantitative estimate of drug-likeness (QED) is 0.823. The average molecular weight is 231 g/mol. The number of ether oxygens (including phenoxy) is 1. The lowest BCUT2D eigenvalue weighted by Crippen LogP contribution is -2.57. The molecule has 0 spiro atoms. The summed E-state index contributed by atoms with van der Waals surface area (Å²) in [4.78, 5) is 7.67. The van der Waals surface area contributed by atoms with Crippen molar-refractivity contribution in [3.05, 3.63) is 29.6 Å². The molecule has 4 heteroatoms. The van der Waals surface area contributed by atoms with E-state index < -0.39 is 0 Å². The number of benzene rings is 1. The molecule has 0 bridgehead atoms. The van der Waals surface area contributed by atoms with Crippen LogP contribution in [-0.2, 0) is 10.2 Å². The number of hydrogen-bond donors (Lipinski definition) is 2. The van der Waals surface area contributed by atoms with E-state index in [9.17, 15) is 0 Å². The van der Waals surface area contributed by atoms with Crippen molar-refractivity contribution in [2.45, 2.75) is 25.3 Å². The molecular formula is C13H17N3O. The number of hydrogen-bond acceptors (Lipinski definition) is 3. The first-order valence-electron chi connectivity index (χ1n) is 5.92. The van der Waals surface area contributed by atoms with Crippen molar-refractivity contribution in [3.63, 3.8) is 0 Å². The van der Waals surface area contributed by atoms with Gasteiger partial charge in [-0.15, -0.1) is 0 Å². The van der Waals surface area contributed by atoms with Crippen LogP contribution in [0.25, 0.3) is 11.0 Å². The third kappa shape index (κ3) is 1.48. The standard InChI is InChI=1S/C13H17N3O/c1-8(14)13(6-17-7-13)10-3-4-11-12(5-10)16-9(2)15-11/h3-5,8H,6-7,14H2,1-2H3,(H,15,16). The molecule has 1 unspecified atom stereocenters. The summed E-state index contributed by atoms with van der Waals surface area (Å²) < 4.78 is 5.37. The monoisotopic (exact) mass is 231 g/mol. The molecule has 3 rings (SSSR count). The number of H-pyrrole nitrogens is 1. The van der Waals surface area contributed by atoms with E-state index in [0.29, 0.717) is 13.2 Å². The van der Waals surface area contributed by atoms with Gasteiger partial charge in [-0.25, -0.2) is 4.98 Å². The van der Waals surface area contributed by atoms with Gasteiger partial charge in [-0.05, 0) is 31.5 Å². The van der Waals surface area contributed by atoms with E-state index >= 15 is 0 Å². The number of aryl methyl sites for hydroxylation is 1. The first-order chi connectivity index (χ1) is 8.12. The van der Waals surface area contributed by atoms with E-state index in [0.717, 1.165) is 16.9 Å². The van der Waals surface area contributed by atoms with Crippen LogP contribution in [0.3, 0.4) is 0 Å². The van der Waals surface area contributed by atoms with Gasteiger partial charge in [0, 0.05) is 6.04 Å². The maximum atomic E-state index is 6.11. The Hall–Kier alpha value is -1.39. The van der Waals surface area contributed by atoms with Gasteiger partial charge in [0.2, 0.25) is 0 Å². The molecule has 1 aliphatic heterocycles. The smallest absolute Gasteiger partial charge is 0.104 e. The molecule has 0 aliphatic carbocycles. The highest BCUT2D eigenvalue weighted by molar-refractivity contribution is 5.76. The van der Waals surface area contributed by atoms with E-state index in [1.807, 2.05) is 13.8 Å². The largest absolute Gasteiger partial charge is 0.379 e. The van der Waals surface area contributed by atoms with Crippen LogP contribution < -0.4 is 5.73 Å². The molecule has 1 atom stereocenters. The molecule has 0 saturated carbocycles. The molecule has 0 radical (unpaired) electrons. The number of fused-ring (bicyclic) bond motifs is 1. The SMILES string of the molecule is Cc1nc2ccc(C3(C(C)N)COC3)cc2[nH]1. The Bertz CT molecular complexity index is 555. The highest BCUT2D eigenvalue weighted by Gasteiger charge is 2.43. The van der Waals surface area contributed by atoms with E-state index in [-0.39, 0.29) is 11.5 Å². The summed E-state index contributed by atoms with van der Waals surface area (Å²) in [6, 6.07) is 6.42. The van der Waals surface area contributed by atoms with Crippen molar-refractivity contribution in [3.8, 4) is 0 Å². The average Bonchev–Trinajstić information content (AvgIpc) is 2.54. The Morgan fingerprint density at radius 1 is 1.47 bits per heavy atom. The summed E-state index contributed by atoms with van der Waals surface area (Å²) in [5, 5.41) is 0. The van der Waals surface area contributed by atoms with Gasteiger partial charge in [0.25, 0.3) is 0 Å². The van der Waals surface area contributed by atoms with E-state index in [1.54, 1.807) is 0 Å². The Morgan fingerprint density at radius 3 is 2.82 bits per heavy atom. The third-order valence-electron chi connectivity index (χ3n) is 3.77. The minimum Gasteiger partial charge on any atom is -0.379 e. The van der Waals surface area contributed by atoms with Gasteiger partial charge in [-0.1, -0.05) is 6.07 Å². The number of nitrogens with one attached hydrogen (secondary N) is 1. The molecule has 1 fully saturated rings. The predicted octanol–water partition coefficient (Wildman–Crippen LogP) is 1.49. The maximum absolute atomic E-state index is 6.11. The first kappa shape index (κ1) is 10.7. The highest BCUT2D eigenvalue weighted by Crippen LogP contribution is 2.36. The summed E-state index contributed by atoms with van der Waals surface area (Å²) in [5.74, 6) is 0.942. The van der Waals surface area contributed by atoms with Crippen molar-refractivity contribution < 1.29 is 4.74 Å². The van der Waals surface area contributed by atoms with Crippen LogP contribution in [-0.4, -0.2) is 29.2 Å². The summed E-state index contributed by atoms with van der Waals surface area (Å²) in [6.07, 6.45) is 0. The lowest BCUT2D eigenvalue weighted by molar-refractivity contribution is -0.0701. The third-order valence-corrected chi connectivity index (χ3v) is 3.77. The van der Waals surface area contributed by atoms with Gasteiger partial charge < -0.3 is 15.5 Å². The second-order valence-electron chi connectivity index (χ2n) is 4.99. The molecule has 3 N–H and O–H groups in total. The van der Waals surface area contributed by atoms with Crippen LogP contribution >= 0.6 is 0 Å². The Labute approximate surface area is 100 Å². The Kier molecular flexibility index (Phi) is 2.24. The zero-order valence-electron chi connectivity index (χ0n) is 10.2. The second kappa shape index (κ2) is 3.55. The van der Waals surface area contributed by atoms with Crippen molar-refractivity contribution in [2.24, 2.45) is 5.73 Å². The minimum absolute atomic E-state index is 0.0206. The number of aromatic amines is 1. The van der Waals surface area contributed by atoms with Gasteiger partial charge in [-0.3, -0.25) is 0 Å². The second-order valence-corrected chi connectivity index (χ2v) is 4.99. The van der Waals surface area contributed by atoms with Crippen molar-refractivity contribution in [1.29, 1.82) is 0 Å². The first-order valence-corrected chi connectivity index (χ1v) is 5.92. The van der Waals surface area contributed by atoms with Gasteiger partial charge in [0.15, 0.2) is 0 Å². The molecule has 0 amide bonds. The molecule has 17 heavy (non-hydrogen) atoms. The van der Waals surface area contributed by atoms with Crippen LogP contribution in [0.15, 0.2) is 18.2 Å². The van der Waals surface area contributed by atoms with Crippen molar-refractivity contribution in [1.82, 2.24) is 9.97 Å². The fourth-order valence-electron chi connectivity index (χ4n) is 2.46. The van der Waals surface area contributed by atoms with Crippen LogP contribution in [0.2, 0.25) is 0 Å². The van der Waals surface area contributed by atoms with Crippen molar-refractivity contribution in [2.75, 3.05) is 13.2 Å². The normalized spacial score (nSPS) is 20.2. The van der Waals surface area contributed by atoms with E-state index in [1.165, 1.54) is 5.56 Å². The Morgan fingerprint density at radius 2 is 2.24 bits per heavy atom. The number of rotatable bonds is 2. The number of nitrogens with two attached hydrogens (primary N) is 1. The molecule has 1 saturated heterocycles. The maximum Gasteiger partial charge on any atom is 0.104 e. The lowest BCUT2D eigenvalue weighted by atomic mass is 9.73. The van der Waals surface area contributed by atoms with E-state index in [4.69, 9.17) is 10.5 Å². The van der Waals surface area contributed by atoms with Crippen LogP contribution in [0.1, 0.15) is 18.3 Å². The fourth-order valence-corrected chi connectivity index (χ4v) is 2.46. The summed E-state index contributed by atoms with van der Waals surface area (Å²) >= 11 is 0. The van der Waals surface area contributed by atoms with Crippen LogP contribution in [0.4, 0.5) is 0 Å². The molecule has 2 heterocycles. The minimum atomic E-state index is -0.0206. The van der Waals surface area contributed by atoms with Gasteiger partial charge in [-0.2, -0.15) is 0 Å². The van der Waals surface area contributed by atoms with Crippen molar-refractivity contribution >= 4 is 11.0 Å².